The van der Waals surface area contributed by atoms with Crippen molar-refractivity contribution >= 4 is 6.03 Å². The number of likely N-dealkylation sites (tertiary alicyclic amines) is 1. The summed E-state index contributed by atoms with van der Waals surface area (Å²) in [5.41, 5.74) is 4.46. The van der Waals surface area contributed by atoms with E-state index in [0.717, 1.165) is 32.5 Å². The summed E-state index contributed by atoms with van der Waals surface area (Å²) in [6.07, 6.45) is 6.00. The fourth-order valence-corrected chi connectivity index (χ4v) is 5.04. The first-order valence-electron chi connectivity index (χ1n) is 9.43. The van der Waals surface area contributed by atoms with Crippen LogP contribution in [0.5, 0.6) is 0 Å². The van der Waals surface area contributed by atoms with Gasteiger partial charge in [-0.05, 0) is 74.7 Å². The van der Waals surface area contributed by atoms with Gasteiger partial charge in [-0.2, -0.15) is 0 Å². The molecule has 1 heterocycles. The van der Waals surface area contributed by atoms with Gasteiger partial charge >= 0.3 is 6.03 Å². The lowest BCUT2D eigenvalue weighted by molar-refractivity contribution is 0.200. The number of nitrogens with zero attached hydrogens (tertiary/aromatic N) is 2. The second-order valence-corrected chi connectivity index (χ2v) is 8.11. The first kappa shape index (κ1) is 15.9. The van der Waals surface area contributed by atoms with Crippen LogP contribution < -0.4 is 5.32 Å². The molecule has 3 unspecified atom stereocenters. The summed E-state index contributed by atoms with van der Waals surface area (Å²) in [7, 11) is 4.22. The molecule has 0 saturated carbocycles. The highest BCUT2D eigenvalue weighted by Gasteiger charge is 2.36. The van der Waals surface area contributed by atoms with E-state index in [2.05, 4.69) is 42.5 Å². The van der Waals surface area contributed by atoms with Crippen LogP contribution in [0.25, 0.3) is 0 Å². The van der Waals surface area contributed by atoms with Crippen LogP contribution in [0.15, 0.2) is 18.2 Å². The molecule has 1 N–H and O–H groups in total. The maximum atomic E-state index is 12.7. The molecule has 1 aliphatic heterocycles. The van der Waals surface area contributed by atoms with Crippen molar-refractivity contribution in [2.45, 2.75) is 44.1 Å². The molecule has 3 atom stereocenters. The molecule has 0 aromatic heterocycles. The van der Waals surface area contributed by atoms with E-state index in [1.807, 2.05) is 4.90 Å². The topological polar surface area (TPSA) is 35.6 Å². The van der Waals surface area contributed by atoms with Gasteiger partial charge in [-0.25, -0.2) is 4.79 Å². The first-order valence-corrected chi connectivity index (χ1v) is 9.43. The zero-order valence-corrected chi connectivity index (χ0v) is 14.9. The Labute approximate surface area is 145 Å². The van der Waals surface area contributed by atoms with Gasteiger partial charge in [0.25, 0.3) is 0 Å². The minimum absolute atomic E-state index is 0.137. The van der Waals surface area contributed by atoms with Crippen molar-refractivity contribution in [3.63, 3.8) is 0 Å². The largest absolute Gasteiger partial charge is 0.331 e. The molecular formula is C20H29N3O. The third-order valence-corrected chi connectivity index (χ3v) is 6.03. The number of hydrogen-bond acceptors (Lipinski definition) is 2. The highest BCUT2D eigenvalue weighted by molar-refractivity contribution is 5.75. The van der Waals surface area contributed by atoms with E-state index in [9.17, 15) is 4.79 Å². The Hall–Kier alpha value is -1.55. The van der Waals surface area contributed by atoms with Crippen LogP contribution in [0.1, 0.15) is 54.3 Å². The smallest absolute Gasteiger partial charge is 0.317 e. The zero-order chi connectivity index (χ0) is 16.7. The number of aryl methyl sites for hydroxylation is 1. The van der Waals surface area contributed by atoms with Crippen LogP contribution in [-0.2, 0) is 6.42 Å². The number of amides is 2. The molecule has 1 fully saturated rings. The molecule has 1 aromatic rings. The summed E-state index contributed by atoms with van der Waals surface area (Å²) in [5, 5.41) is 3.34. The van der Waals surface area contributed by atoms with Crippen molar-refractivity contribution in [3.05, 3.63) is 34.9 Å². The molecule has 2 aliphatic carbocycles. The van der Waals surface area contributed by atoms with Gasteiger partial charge in [0, 0.05) is 19.6 Å². The van der Waals surface area contributed by atoms with E-state index >= 15 is 0 Å². The van der Waals surface area contributed by atoms with Crippen molar-refractivity contribution in [2.75, 3.05) is 33.7 Å². The summed E-state index contributed by atoms with van der Waals surface area (Å²) in [4.78, 5) is 17.0. The molecule has 1 saturated heterocycles. The van der Waals surface area contributed by atoms with Crippen LogP contribution in [0.4, 0.5) is 4.79 Å². The molecule has 2 amide bonds. The monoisotopic (exact) mass is 327 g/mol. The molecule has 0 bridgehead atoms. The van der Waals surface area contributed by atoms with E-state index in [1.54, 1.807) is 5.56 Å². The number of carbonyl (C=O) groups is 1. The molecule has 130 valence electrons. The lowest BCUT2D eigenvalue weighted by Crippen LogP contribution is -2.40. The molecule has 0 radical (unpaired) electrons. The minimum atomic E-state index is 0.137. The fourth-order valence-electron chi connectivity index (χ4n) is 5.04. The molecule has 24 heavy (non-hydrogen) atoms. The molecule has 1 aromatic carbocycles. The average Bonchev–Trinajstić information content (AvgIpc) is 3.14. The van der Waals surface area contributed by atoms with Crippen molar-refractivity contribution in [2.24, 2.45) is 5.92 Å². The Morgan fingerprint density at radius 1 is 1.33 bits per heavy atom. The molecular weight excluding hydrogens is 298 g/mol. The van der Waals surface area contributed by atoms with E-state index in [4.69, 9.17) is 0 Å². The van der Waals surface area contributed by atoms with Gasteiger partial charge in [-0.3, -0.25) is 0 Å². The minimum Gasteiger partial charge on any atom is -0.331 e. The summed E-state index contributed by atoms with van der Waals surface area (Å²) in [6, 6.07) is 7.03. The van der Waals surface area contributed by atoms with Gasteiger partial charge in [0.2, 0.25) is 0 Å². The highest BCUT2D eigenvalue weighted by Crippen LogP contribution is 2.47. The quantitative estimate of drug-likeness (QED) is 0.926. The Bertz CT molecular complexity index is 627. The SMILES string of the molecule is CN(C)CC1CCN(C(=O)NC2CC3CCCc4cccc2c43)C1. The summed E-state index contributed by atoms with van der Waals surface area (Å²) in [6.45, 7) is 2.86. The lowest BCUT2D eigenvalue weighted by atomic mass is 9.84. The third kappa shape index (κ3) is 2.92. The van der Waals surface area contributed by atoms with E-state index < -0.39 is 0 Å². The number of benzene rings is 1. The highest BCUT2D eigenvalue weighted by atomic mass is 16.2. The van der Waals surface area contributed by atoms with Crippen molar-refractivity contribution in [1.82, 2.24) is 15.1 Å². The predicted molar refractivity (Wildman–Crippen MR) is 96.2 cm³/mol. The van der Waals surface area contributed by atoms with Crippen LogP contribution in [0, 0.1) is 5.92 Å². The fraction of sp³-hybridized carbons (Fsp3) is 0.650. The zero-order valence-electron chi connectivity index (χ0n) is 14.9. The van der Waals surface area contributed by atoms with Gasteiger partial charge in [0.15, 0.2) is 0 Å². The normalized spacial score (nSPS) is 28.3. The van der Waals surface area contributed by atoms with Gasteiger partial charge in [0.05, 0.1) is 6.04 Å². The van der Waals surface area contributed by atoms with Crippen LogP contribution in [-0.4, -0.2) is 49.6 Å². The average molecular weight is 327 g/mol. The van der Waals surface area contributed by atoms with Crippen molar-refractivity contribution < 1.29 is 4.79 Å². The number of rotatable bonds is 3. The second kappa shape index (κ2) is 6.40. The Balaban J connectivity index is 1.42. The summed E-state index contributed by atoms with van der Waals surface area (Å²) >= 11 is 0. The van der Waals surface area contributed by atoms with Gasteiger partial charge in [0.1, 0.15) is 0 Å². The maximum absolute atomic E-state index is 12.7. The van der Waals surface area contributed by atoms with E-state index in [-0.39, 0.29) is 12.1 Å². The standard InChI is InChI=1S/C20H29N3O/c1-22(2)12-14-9-10-23(13-14)20(24)21-18-11-16-7-3-5-15-6-4-8-17(18)19(15)16/h4,6,8,14,16,18H,3,5,7,9-13H2,1-2H3,(H,21,24). The second-order valence-electron chi connectivity index (χ2n) is 8.11. The number of carbonyl (C=O) groups excluding carboxylic acids is 1. The molecule has 4 heteroatoms. The predicted octanol–water partition coefficient (Wildman–Crippen LogP) is 3.14. The van der Waals surface area contributed by atoms with Crippen molar-refractivity contribution in [3.8, 4) is 0 Å². The molecule has 4 rings (SSSR count). The van der Waals surface area contributed by atoms with E-state index in [0.29, 0.717) is 11.8 Å². The Kier molecular flexibility index (Phi) is 4.25. The van der Waals surface area contributed by atoms with Crippen LogP contribution in [0.2, 0.25) is 0 Å². The van der Waals surface area contributed by atoms with Gasteiger partial charge in [-0.1, -0.05) is 18.2 Å². The van der Waals surface area contributed by atoms with Gasteiger partial charge < -0.3 is 15.1 Å². The molecule has 3 aliphatic rings. The van der Waals surface area contributed by atoms with Crippen LogP contribution in [0.3, 0.4) is 0 Å². The molecule has 4 nitrogen and oxygen atoms in total. The van der Waals surface area contributed by atoms with Crippen LogP contribution >= 0.6 is 0 Å². The molecule has 0 spiro atoms. The van der Waals surface area contributed by atoms with Crippen molar-refractivity contribution in [1.29, 1.82) is 0 Å². The number of nitrogens with one attached hydrogen (secondary N) is 1. The van der Waals surface area contributed by atoms with E-state index in [1.165, 1.54) is 30.4 Å². The lowest BCUT2D eigenvalue weighted by Gasteiger charge is -2.22. The first-order chi connectivity index (χ1) is 11.6. The summed E-state index contributed by atoms with van der Waals surface area (Å²) < 4.78 is 0. The Morgan fingerprint density at radius 2 is 2.21 bits per heavy atom. The third-order valence-electron chi connectivity index (χ3n) is 6.03. The summed E-state index contributed by atoms with van der Waals surface area (Å²) in [5.74, 6) is 1.28. The number of urea groups is 1. The maximum Gasteiger partial charge on any atom is 0.317 e. The Morgan fingerprint density at radius 3 is 3.04 bits per heavy atom. The number of hydrogen-bond donors (Lipinski definition) is 1. The van der Waals surface area contributed by atoms with Gasteiger partial charge in [-0.15, -0.1) is 0 Å².